The summed E-state index contributed by atoms with van der Waals surface area (Å²) >= 11 is 0. The number of piperazine rings is 1. The highest BCUT2D eigenvalue weighted by molar-refractivity contribution is 5.68. The van der Waals surface area contributed by atoms with Crippen LogP contribution in [0, 0.1) is 13.8 Å². The normalized spacial score (nSPS) is 14.9. The fraction of sp³-hybridized carbons (Fsp3) is 0.706. The van der Waals surface area contributed by atoms with Gasteiger partial charge in [-0.25, -0.2) is 4.79 Å². The molecule has 1 amide bonds. The minimum Gasteiger partial charge on any atom is -0.444 e. The van der Waals surface area contributed by atoms with Gasteiger partial charge in [-0.3, -0.25) is 0 Å². The highest BCUT2D eigenvalue weighted by Crippen LogP contribution is 2.17. The molecule has 0 radical (unpaired) electrons. The van der Waals surface area contributed by atoms with E-state index in [1.54, 1.807) is 4.90 Å². The minimum atomic E-state index is -0.451. The third-order valence-corrected chi connectivity index (χ3v) is 3.47. The predicted molar refractivity (Wildman–Crippen MR) is 92.9 cm³/mol. The lowest BCUT2D eigenvalue weighted by atomic mass is 10.2. The average molecular weight is 322 g/mol. The van der Waals surface area contributed by atoms with Gasteiger partial charge in [0.05, 0.1) is 5.69 Å². The maximum Gasteiger partial charge on any atom is 0.410 e. The molecule has 0 saturated carbocycles. The van der Waals surface area contributed by atoms with E-state index in [9.17, 15) is 4.79 Å². The molecule has 130 valence electrons. The molecule has 1 aliphatic rings. The maximum absolute atomic E-state index is 12.0. The number of carbonyl (C=O) groups excluding carboxylic acids is 1. The second kappa shape index (κ2) is 8.13. The fourth-order valence-electron chi connectivity index (χ4n) is 2.13. The molecule has 1 aromatic heterocycles. The number of rotatable bonds is 1. The second-order valence-corrected chi connectivity index (χ2v) is 6.43. The first-order chi connectivity index (χ1) is 10.8. The van der Waals surface area contributed by atoms with Crippen LogP contribution < -0.4 is 4.90 Å². The molecule has 6 heteroatoms. The van der Waals surface area contributed by atoms with Gasteiger partial charge in [0.25, 0.3) is 0 Å². The molecule has 0 bridgehead atoms. The molecule has 6 nitrogen and oxygen atoms in total. The van der Waals surface area contributed by atoms with Gasteiger partial charge in [0.15, 0.2) is 5.82 Å². The molecule has 0 spiro atoms. The Balaban J connectivity index is 0.00000127. The van der Waals surface area contributed by atoms with Crippen molar-refractivity contribution in [3.8, 4) is 0 Å². The molecular formula is C17H30N4O2. The predicted octanol–water partition coefficient (Wildman–Crippen LogP) is 3.18. The Hall–Kier alpha value is -1.85. The molecular weight excluding hydrogens is 292 g/mol. The van der Waals surface area contributed by atoms with Crippen molar-refractivity contribution in [3.05, 3.63) is 17.3 Å². The largest absolute Gasteiger partial charge is 0.444 e. The molecule has 1 aliphatic heterocycles. The zero-order valence-corrected chi connectivity index (χ0v) is 15.5. The van der Waals surface area contributed by atoms with E-state index >= 15 is 0 Å². The van der Waals surface area contributed by atoms with Crippen LogP contribution >= 0.6 is 0 Å². The number of ether oxygens (including phenoxy) is 1. The number of amides is 1. The lowest BCUT2D eigenvalue weighted by molar-refractivity contribution is 0.0240. The third-order valence-electron chi connectivity index (χ3n) is 3.47. The average Bonchev–Trinajstić information content (AvgIpc) is 2.50. The quantitative estimate of drug-likeness (QED) is 0.795. The van der Waals surface area contributed by atoms with Crippen molar-refractivity contribution in [1.82, 2.24) is 15.1 Å². The summed E-state index contributed by atoms with van der Waals surface area (Å²) in [7, 11) is 0. The summed E-state index contributed by atoms with van der Waals surface area (Å²) in [6.07, 6.45) is -0.242. The number of aromatic nitrogens is 2. The Morgan fingerprint density at radius 2 is 1.65 bits per heavy atom. The highest BCUT2D eigenvalue weighted by Gasteiger charge is 2.26. The van der Waals surface area contributed by atoms with Crippen molar-refractivity contribution in [2.45, 2.75) is 54.1 Å². The Labute approximate surface area is 139 Å². The van der Waals surface area contributed by atoms with Gasteiger partial charge >= 0.3 is 6.09 Å². The lowest BCUT2D eigenvalue weighted by Crippen LogP contribution is -2.50. The van der Waals surface area contributed by atoms with Gasteiger partial charge in [0.2, 0.25) is 0 Å². The van der Waals surface area contributed by atoms with Crippen LogP contribution in [0.3, 0.4) is 0 Å². The van der Waals surface area contributed by atoms with Crippen molar-refractivity contribution in [3.63, 3.8) is 0 Å². The van der Waals surface area contributed by atoms with Gasteiger partial charge in [-0.2, -0.15) is 5.10 Å². The van der Waals surface area contributed by atoms with E-state index in [1.165, 1.54) is 0 Å². The van der Waals surface area contributed by atoms with E-state index in [0.717, 1.165) is 30.2 Å². The standard InChI is InChI=1S/C15H24N4O2.C2H6/c1-11-10-13(17-16-12(11)2)18-6-8-19(9-7-18)14(20)21-15(3,4)5;1-2/h10H,6-9H2,1-5H3;1-2H3. The van der Waals surface area contributed by atoms with Crippen LogP contribution in [0.1, 0.15) is 45.9 Å². The van der Waals surface area contributed by atoms with Crippen molar-refractivity contribution in [2.24, 2.45) is 0 Å². The third kappa shape index (κ3) is 5.69. The van der Waals surface area contributed by atoms with Crippen molar-refractivity contribution in [1.29, 1.82) is 0 Å². The van der Waals surface area contributed by atoms with Gasteiger partial charge in [-0.15, -0.1) is 5.10 Å². The topological polar surface area (TPSA) is 58.6 Å². The molecule has 0 aliphatic carbocycles. The molecule has 0 unspecified atom stereocenters. The van der Waals surface area contributed by atoms with Gasteiger partial charge in [-0.1, -0.05) is 13.8 Å². The number of aryl methyl sites for hydroxylation is 2. The zero-order chi connectivity index (χ0) is 17.6. The zero-order valence-electron chi connectivity index (χ0n) is 15.5. The SMILES string of the molecule is CC.Cc1cc(N2CCN(C(=O)OC(C)(C)C)CC2)nnc1C. The molecule has 0 atom stereocenters. The summed E-state index contributed by atoms with van der Waals surface area (Å²) in [5.41, 5.74) is 1.63. The van der Waals surface area contributed by atoms with Crippen molar-refractivity contribution >= 4 is 11.9 Å². The van der Waals surface area contributed by atoms with Gasteiger partial charge < -0.3 is 14.5 Å². The number of hydrogen-bond donors (Lipinski definition) is 0. The summed E-state index contributed by atoms with van der Waals surface area (Å²) in [5.74, 6) is 0.877. The molecule has 2 heterocycles. The minimum absolute atomic E-state index is 0.242. The summed E-state index contributed by atoms with van der Waals surface area (Å²) in [5, 5.41) is 8.39. The van der Waals surface area contributed by atoms with E-state index < -0.39 is 5.60 Å². The second-order valence-electron chi connectivity index (χ2n) is 6.43. The van der Waals surface area contributed by atoms with Gasteiger partial charge in [0, 0.05) is 26.2 Å². The summed E-state index contributed by atoms with van der Waals surface area (Å²) in [6.45, 7) is 16.4. The number of anilines is 1. The molecule has 1 saturated heterocycles. The Morgan fingerprint density at radius 1 is 1.09 bits per heavy atom. The van der Waals surface area contributed by atoms with Gasteiger partial charge in [0.1, 0.15) is 5.60 Å². The smallest absolute Gasteiger partial charge is 0.410 e. The van der Waals surface area contributed by atoms with Crippen molar-refractivity contribution < 1.29 is 9.53 Å². The fourth-order valence-corrected chi connectivity index (χ4v) is 2.13. The van der Waals surface area contributed by atoms with E-state index in [-0.39, 0.29) is 6.09 Å². The van der Waals surface area contributed by atoms with Crippen LogP contribution in [-0.4, -0.2) is 53.0 Å². The Kier molecular flexibility index (Phi) is 6.79. The van der Waals surface area contributed by atoms with E-state index in [2.05, 4.69) is 15.1 Å². The first-order valence-corrected chi connectivity index (χ1v) is 8.30. The number of hydrogen-bond acceptors (Lipinski definition) is 5. The van der Waals surface area contributed by atoms with Crippen LogP contribution in [0.5, 0.6) is 0 Å². The summed E-state index contributed by atoms with van der Waals surface area (Å²) in [6, 6.07) is 2.05. The highest BCUT2D eigenvalue weighted by atomic mass is 16.6. The van der Waals surface area contributed by atoms with E-state index in [0.29, 0.717) is 13.1 Å². The molecule has 23 heavy (non-hydrogen) atoms. The first kappa shape index (κ1) is 19.2. The first-order valence-electron chi connectivity index (χ1n) is 8.30. The van der Waals surface area contributed by atoms with Crippen molar-refractivity contribution in [2.75, 3.05) is 31.1 Å². The van der Waals surface area contributed by atoms with Crippen LogP contribution in [0.4, 0.5) is 10.6 Å². The molecule has 0 aromatic carbocycles. The van der Waals surface area contributed by atoms with Crippen LogP contribution in [0.2, 0.25) is 0 Å². The van der Waals surface area contributed by atoms with E-state index in [4.69, 9.17) is 4.74 Å². The molecule has 1 aromatic rings. The number of carbonyl (C=O) groups is 1. The Bertz CT molecular complexity index is 518. The summed E-state index contributed by atoms with van der Waals surface area (Å²) in [4.78, 5) is 15.9. The number of nitrogens with zero attached hydrogens (tertiary/aromatic N) is 4. The molecule has 1 fully saturated rings. The lowest BCUT2D eigenvalue weighted by Gasteiger charge is -2.36. The molecule has 2 rings (SSSR count). The summed E-state index contributed by atoms with van der Waals surface area (Å²) < 4.78 is 5.39. The van der Waals surface area contributed by atoms with Gasteiger partial charge in [-0.05, 0) is 46.2 Å². The monoisotopic (exact) mass is 322 g/mol. The Morgan fingerprint density at radius 3 is 2.13 bits per heavy atom. The van der Waals surface area contributed by atoms with Crippen LogP contribution in [-0.2, 0) is 4.74 Å². The maximum atomic E-state index is 12.0. The van der Waals surface area contributed by atoms with Crippen LogP contribution in [0.25, 0.3) is 0 Å². The van der Waals surface area contributed by atoms with E-state index in [1.807, 2.05) is 54.5 Å². The van der Waals surface area contributed by atoms with Crippen LogP contribution in [0.15, 0.2) is 6.07 Å². The molecule has 0 N–H and O–H groups in total.